The van der Waals surface area contributed by atoms with Crippen molar-refractivity contribution in [1.29, 1.82) is 0 Å². The normalized spacial score (nSPS) is 16.1. The van der Waals surface area contributed by atoms with E-state index < -0.39 is 0 Å². The molecule has 0 spiro atoms. The summed E-state index contributed by atoms with van der Waals surface area (Å²) >= 11 is 0. The van der Waals surface area contributed by atoms with E-state index in [0.29, 0.717) is 29.1 Å². The van der Waals surface area contributed by atoms with Crippen molar-refractivity contribution in [3.05, 3.63) is 46.3 Å². The molecule has 0 atom stereocenters. The fourth-order valence-corrected chi connectivity index (χ4v) is 3.04. The Kier molecular flexibility index (Phi) is 3.20. The number of aromatic nitrogens is 2. The number of fused-ring (bicyclic) bond motifs is 2. The Morgan fingerprint density at radius 3 is 2.88 bits per heavy atom. The Balaban J connectivity index is 1.61. The van der Waals surface area contributed by atoms with E-state index in [4.69, 9.17) is 0 Å². The first kappa shape index (κ1) is 14.6. The zero-order valence-corrected chi connectivity index (χ0v) is 13.0. The lowest BCUT2D eigenvalue weighted by Gasteiger charge is -2.13. The predicted octanol–water partition coefficient (Wildman–Crippen LogP) is 0.533. The second kappa shape index (κ2) is 5.27. The van der Waals surface area contributed by atoms with Crippen molar-refractivity contribution in [2.45, 2.75) is 13.0 Å². The molecular weight excluding hydrogens is 310 g/mol. The van der Waals surface area contributed by atoms with Crippen LogP contribution in [0.2, 0.25) is 0 Å². The van der Waals surface area contributed by atoms with Gasteiger partial charge in [-0.05, 0) is 18.2 Å². The summed E-state index contributed by atoms with van der Waals surface area (Å²) in [6.45, 7) is 1.45. The van der Waals surface area contributed by atoms with Gasteiger partial charge in [-0.1, -0.05) is 0 Å². The number of anilines is 1. The van der Waals surface area contributed by atoms with Crippen LogP contribution in [-0.4, -0.2) is 46.4 Å². The third-order valence-corrected chi connectivity index (χ3v) is 4.37. The van der Waals surface area contributed by atoms with Crippen molar-refractivity contribution in [2.24, 2.45) is 0 Å². The van der Waals surface area contributed by atoms with Crippen molar-refractivity contribution in [2.75, 3.05) is 18.9 Å². The smallest absolute Gasteiger partial charge is 0.276 e. The van der Waals surface area contributed by atoms with E-state index in [0.717, 1.165) is 29.1 Å². The summed E-state index contributed by atoms with van der Waals surface area (Å²) in [5.41, 5.74) is 3.28. The second-order valence-electron chi connectivity index (χ2n) is 5.84. The molecule has 3 N–H and O–H groups in total. The van der Waals surface area contributed by atoms with E-state index in [1.165, 1.54) is 13.1 Å². The van der Waals surface area contributed by atoms with Gasteiger partial charge in [0, 0.05) is 43.5 Å². The van der Waals surface area contributed by atoms with Gasteiger partial charge in [-0.25, -0.2) is 0 Å². The molecule has 0 saturated heterocycles. The largest absolute Gasteiger partial charge is 0.321 e. The first-order valence-corrected chi connectivity index (χ1v) is 7.61. The monoisotopic (exact) mass is 325 g/mol. The average molecular weight is 325 g/mol. The number of imide groups is 1. The highest BCUT2D eigenvalue weighted by molar-refractivity contribution is 6.21. The van der Waals surface area contributed by atoms with Crippen LogP contribution in [0.4, 0.5) is 5.69 Å². The summed E-state index contributed by atoms with van der Waals surface area (Å²) in [5, 5.41) is 12.9. The Hall–Kier alpha value is -3.00. The lowest BCUT2D eigenvalue weighted by atomic mass is 10.1. The van der Waals surface area contributed by atoms with E-state index in [1.54, 1.807) is 12.1 Å². The molecule has 2 aliphatic heterocycles. The zero-order chi connectivity index (χ0) is 16.8. The quantitative estimate of drug-likeness (QED) is 0.698. The fourth-order valence-electron chi connectivity index (χ4n) is 3.04. The van der Waals surface area contributed by atoms with Gasteiger partial charge in [-0.15, -0.1) is 0 Å². The number of rotatable bonds is 2. The molecule has 3 amide bonds. The molecule has 8 nitrogen and oxygen atoms in total. The Labute approximate surface area is 137 Å². The first-order chi connectivity index (χ1) is 11.6. The molecule has 0 saturated carbocycles. The molecule has 0 unspecified atom stereocenters. The van der Waals surface area contributed by atoms with Crippen LogP contribution in [0.3, 0.4) is 0 Å². The highest BCUT2D eigenvalue weighted by Crippen LogP contribution is 2.25. The summed E-state index contributed by atoms with van der Waals surface area (Å²) in [6, 6.07) is 4.68. The molecule has 24 heavy (non-hydrogen) atoms. The fraction of sp³-hybridized carbons (Fsp3) is 0.250. The van der Waals surface area contributed by atoms with Crippen LogP contribution >= 0.6 is 0 Å². The minimum absolute atomic E-state index is 0.297. The minimum Gasteiger partial charge on any atom is -0.321 e. The van der Waals surface area contributed by atoms with Gasteiger partial charge < -0.3 is 10.6 Å². The number of benzene rings is 1. The maximum atomic E-state index is 12.5. The number of H-pyrrole nitrogens is 1. The van der Waals surface area contributed by atoms with Crippen LogP contribution in [0.5, 0.6) is 0 Å². The zero-order valence-electron chi connectivity index (χ0n) is 13.0. The van der Waals surface area contributed by atoms with Gasteiger partial charge in [0.25, 0.3) is 17.7 Å². The molecule has 0 fully saturated rings. The molecular formula is C16H15N5O3. The molecule has 4 rings (SSSR count). The number of carbonyl (C=O) groups excluding carboxylic acids is 3. The summed E-state index contributed by atoms with van der Waals surface area (Å²) in [5.74, 6) is -1.05. The van der Waals surface area contributed by atoms with Gasteiger partial charge in [0.2, 0.25) is 0 Å². The number of hydrogen-bond acceptors (Lipinski definition) is 5. The van der Waals surface area contributed by atoms with E-state index in [9.17, 15) is 14.4 Å². The molecule has 2 aromatic rings. The average Bonchev–Trinajstić information content (AvgIpc) is 3.11. The van der Waals surface area contributed by atoms with Crippen LogP contribution in [0.25, 0.3) is 0 Å². The van der Waals surface area contributed by atoms with Gasteiger partial charge in [0.1, 0.15) is 0 Å². The van der Waals surface area contributed by atoms with Crippen LogP contribution in [-0.2, 0) is 13.0 Å². The topological polar surface area (TPSA) is 107 Å². The molecule has 3 heterocycles. The maximum Gasteiger partial charge on any atom is 0.276 e. The van der Waals surface area contributed by atoms with E-state index >= 15 is 0 Å². The van der Waals surface area contributed by atoms with E-state index in [2.05, 4.69) is 20.8 Å². The van der Waals surface area contributed by atoms with Crippen LogP contribution in [0, 0.1) is 0 Å². The van der Waals surface area contributed by atoms with Crippen molar-refractivity contribution < 1.29 is 14.4 Å². The number of nitrogens with zero attached hydrogens (tertiary/aromatic N) is 2. The highest BCUT2D eigenvalue weighted by atomic mass is 16.2. The summed E-state index contributed by atoms with van der Waals surface area (Å²) < 4.78 is 0. The predicted molar refractivity (Wildman–Crippen MR) is 84.8 cm³/mol. The lowest BCUT2D eigenvalue weighted by molar-refractivity contribution is 0.0692. The highest BCUT2D eigenvalue weighted by Gasteiger charge is 2.33. The molecule has 2 aliphatic rings. The lowest BCUT2D eigenvalue weighted by Crippen LogP contribution is -2.25. The Morgan fingerprint density at radius 1 is 1.25 bits per heavy atom. The number of carbonyl (C=O) groups is 3. The third-order valence-electron chi connectivity index (χ3n) is 4.37. The van der Waals surface area contributed by atoms with Crippen LogP contribution < -0.4 is 10.6 Å². The molecule has 1 aromatic heterocycles. The molecule has 0 bridgehead atoms. The van der Waals surface area contributed by atoms with Gasteiger partial charge in [-0.3, -0.25) is 24.4 Å². The first-order valence-electron chi connectivity index (χ1n) is 7.61. The number of amides is 3. The summed E-state index contributed by atoms with van der Waals surface area (Å²) in [6.07, 6.45) is 0.803. The maximum absolute atomic E-state index is 12.5. The number of hydrogen-bond donors (Lipinski definition) is 3. The minimum atomic E-state index is -0.368. The molecule has 1 aromatic carbocycles. The van der Waals surface area contributed by atoms with Crippen LogP contribution in [0.15, 0.2) is 18.2 Å². The van der Waals surface area contributed by atoms with Gasteiger partial charge in [0.15, 0.2) is 5.69 Å². The van der Waals surface area contributed by atoms with Gasteiger partial charge in [-0.2, -0.15) is 5.10 Å². The van der Waals surface area contributed by atoms with Crippen LogP contribution in [0.1, 0.15) is 42.5 Å². The molecule has 122 valence electrons. The molecule has 0 radical (unpaired) electrons. The van der Waals surface area contributed by atoms with Gasteiger partial charge >= 0.3 is 0 Å². The standard InChI is InChI=1S/C16H15N5O3/c1-21-15(23)9-3-2-8(6-10(9)16(21)24)18-14(22)13-11-7-17-5-4-12(11)19-20-13/h2-3,6,17H,4-5,7H2,1H3,(H,18,22)(H,19,20). The van der Waals surface area contributed by atoms with Gasteiger partial charge in [0.05, 0.1) is 11.1 Å². The number of aromatic amines is 1. The Bertz CT molecular complexity index is 886. The second-order valence-corrected chi connectivity index (χ2v) is 5.84. The van der Waals surface area contributed by atoms with Crippen molar-refractivity contribution in [1.82, 2.24) is 20.4 Å². The van der Waals surface area contributed by atoms with Crippen molar-refractivity contribution in [3.63, 3.8) is 0 Å². The Morgan fingerprint density at radius 2 is 2.04 bits per heavy atom. The van der Waals surface area contributed by atoms with Crippen molar-refractivity contribution >= 4 is 23.4 Å². The number of nitrogens with one attached hydrogen (secondary N) is 3. The van der Waals surface area contributed by atoms with Crippen molar-refractivity contribution in [3.8, 4) is 0 Å². The SMILES string of the molecule is CN1C(=O)c2ccc(NC(=O)c3n[nH]c4c3CNCC4)cc2C1=O. The van der Waals surface area contributed by atoms with E-state index in [-0.39, 0.29) is 17.7 Å². The summed E-state index contributed by atoms with van der Waals surface area (Å²) in [7, 11) is 1.44. The third kappa shape index (κ3) is 2.11. The molecule has 8 heteroatoms. The summed E-state index contributed by atoms with van der Waals surface area (Å²) in [4.78, 5) is 37.5. The van der Waals surface area contributed by atoms with E-state index in [1.807, 2.05) is 0 Å². The molecule has 0 aliphatic carbocycles.